The third-order valence-corrected chi connectivity index (χ3v) is 5.33. The lowest BCUT2D eigenvalue weighted by Crippen LogP contribution is -2.33. The Labute approximate surface area is 182 Å². The summed E-state index contributed by atoms with van der Waals surface area (Å²) in [6.45, 7) is 0. The molecule has 0 spiro atoms. The van der Waals surface area contributed by atoms with Gasteiger partial charge in [0, 0.05) is 16.6 Å². The van der Waals surface area contributed by atoms with Crippen molar-refractivity contribution in [2.24, 2.45) is 0 Å². The minimum absolute atomic E-state index is 0.109. The van der Waals surface area contributed by atoms with Crippen LogP contribution in [0.1, 0.15) is 10.6 Å². The lowest BCUT2D eigenvalue weighted by molar-refractivity contribution is 0.0951. The second-order valence-corrected chi connectivity index (χ2v) is 7.39. The van der Waals surface area contributed by atoms with Crippen LogP contribution in [0.4, 0.5) is 5.69 Å². The Morgan fingerprint density at radius 1 is 0.897 bits per heavy atom. The molecule has 0 fully saturated rings. The van der Waals surface area contributed by atoms with Crippen molar-refractivity contribution < 1.29 is 9.21 Å². The first-order valence-corrected chi connectivity index (χ1v) is 9.83. The highest BCUT2D eigenvalue weighted by atomic mass is 35.5. The molecule has 4 aromatic rings. The van der Waals surface area contributed by atoms with Crippen LogP contribution in [0.3, 0.4) is 0 Å². The lowest BCUT2D eigenvalue weighted by atomic mass is 10.1. The van der Waals surface area contributed by atoms with E-state index in [-0.39, 0.29) is 10.9 Å². The average Bonchev–Trinajstić information content (AvgIpc) is 3.20. The molecule has 1 amide bonds. The van der Waals surface area contributed by atoms with E-state index in [4.69, 9.17) is 39.8 Å². The third kappa shape index (κ3) is 4.12. The van der Waals surface area contributed by atoms with Gasteiger partial charge in [-0.1, -0.05) is 65.7 Å². The van der Waals surface area contributed by atoms with E-state index in [1.807, 2.05) is 42.5 Å². The van der Waals surface area contributed by atoms with Crippen LogP contribution in [-0.2, 0) is 0 Å². The van der Waals surface area contributed by atoms with Gasteiger partial charge in [-0.15, -0.1) is 0 Å². The first-order valence-electron chi connectivity index (χ1n) is 8.67. The summed E-state index contributed by atoms with van der Waals surface area (Å²) in [6, 6.07) is 22.1. The van der Waals surface area contributed by atoms with E-state index in [1.54, 1.807) is 30.3 Å². The molecule has 0 bridgehead atoms. The molecular formula is C22H14Cl2N2O2S. The number of fused-ring (bicyclic) bond motifs is 1. The quantitative estimate of drug-likeness (QED) is 0.355. The Morgan fingerprint density at radius 3 is 2.52 bits per heavy atom. The van der Waals surface area contributed by atoms with Crippen LogP contribution in [0.25, 0.3) is 22.1 Å². The van der Waals surface area contributed by atoms with Gasteiger partial charge in [-0.2, -0.15) is 0 Å². The molecule has 0 aliphatic carbocycles. The molecule has 4 nitrogen and oxygen atoms in total. The van der Waals surface area contributed by atoms with Gasteiger partial charge in [-0.25, -0.2) is 0 Å². The molecule has 0 aliphatic rings. The minimum Gasteiger partial charge on any atom is -0.451 e. The van der Waals surface area contributed by atoms with Gasteiger partial charge >= 0.3 is 0 Å². The van der Waals surface area contributed by atoms with Gasteiger partial charge in [0.1, 0.15) is 5.76 Å². The summed E-state index contributed by atoms with van der Waals surface area (Å²) in [5.41, 5.74) is 1.41. The standard InChI is InChI=1S/C22H14Cl2N2O2S/c23-16-9-4-8-15(20(16)24)18-11-12-19(28-18)21(27)26-22(29)25-17-10-3-6-13-5-1-2-7-14(13)17/h1-12H,(H2,25,26,27,29). The van der Waals surface area contributed by atoms with E-state index >= 15 is 0 Å². The summed E-state index contributed by atoms with van der Waals surface area (Å²) in [4.78, 5) is 12.5. The van der Waals surface area contributed by atoms with E-state index in [0.29, 0.717) is 21.4 Å². The van der Waals surface area contributed by atoms with Crippen LogP contribution in [-0.4, -0.2) is 11.0 Å². The van der Waals surface area contributed by atoms with E-state index in [2.05, 4.69) is 10.6 Å². The Kier molecular flexibility index (Phi) is 5.53. The summed E-state index contributed by atoms with van der Waals surface area (Å²) in [6.07, 6.45) is 0. The highest BCUT2D eigenvalue weighted by Crippen LogP contribution is 2.34. The Hall–Kier alpha value is -2.86. The molecule has 0 atom stereocenters. The molecule has 29 heavy (non-hydrogen) atoms. The summed E-state index contributed by atoms with van der Waals surface area (Å²) in [5, 5.41) is 8.71. The van der Waals surface area contributed by atoms with Crippen molar-refractivity contribution in [1.82, 2.24) is 5.32 Å². The van der Waals surface area contributed by atoms with E-state index < -0.39 is 5.91 Å². The molecule has 7 heteroatoms. The number of carbonyl (C=O) groups is 1. The zero-order valence-electron chi connectivity index (χ0n) is 14.9. The molecule has 2 N–H and O–H groups in total. The molecule has 0 saturated carbocycles. The molecule has 0 saturated heterocycles. The van der Waals surface area contributed by atoms with Crippen LogP contribution in [0.15, 0.2) is 77.2 Å². The summed E-state index contributed by atoms with van der Waals surface area (Å²) >= 11 is 17.5. The van der Waals surface area contributed by atoms with E-state index in [0.717, 1.165) is 16.5 Å². The fourth-order valence-corrected chi connectivity index (χ4v) is 3.55. The van der Waals surface area contributed by atoms with Crippen molar-refractivity contribution in [2.75, 3.05) is 5.32 Å². The molecule has 4 rings (SSSR count). The maximum absolute atomic E-state index is 12.5. The predicted molar refractivity (Wildman–Crippen MR) is 122 cm³/mol. The van der Waals surface area contributed by atoms with Crippen molar-refractivity contribution in [3.63, 3.8) is 0 Å². The normalized spacial score (nSPS) is 10.7. The molecule has 1 heterocycles. The number of furan rings is 1. The van der Waals surface area contributed by atoms with Crippen molar-refractivity contribution in [2.45, 2.75) is 0 Å². The Balaban J connectivity index is 1.49. The van der Waals surface area contributed by atoms with Crippen LogP contribution in [0.5, 0.6) is 0 Å². The zero-order chi connectivity index (χ0) is 20.4. The number of hydrogen-bond acceptors (Lipinski definition) is 3. The van der Waals surface area contributed by atoms with Crippen molar-refractivity contribution in [3.05, 3.63) is 88.6 Å². The van der Waals surface area contributed by atoms with Gasteiger partial charge < -0.3 is 9.73 Å². The minimum atomic E-state index is -0.466. The Morgan fingerprint density at radius 2 is 1.66 bits per heavy atom. The number of carbonyl (C=O) groups excluding carboxylic acids is 1. The number of anilines is 1. The third-order valence-electron chi connectivity index (χ3n) is 4.31. The predicted octanol–water partition coefficient (Wildman–Crippen LogP) is 6.53. The maximum atomic E-state index is 12.5. The highest BCUT2D eigenvalue weighted by Gasteiger charge is 2.16. The van der Waals surface area contributed by atoms with Crippen molar-refractivity contribution in [1.29, 1.82) is 0 Å². The molecule has 3 aromatic carbocycles. The second-order valence-electron chi connectivity index (χ2n) is 6.20. The largest absolute Gasteiger partial charge is 0.451 e. The Bertz CT molecular complexity index is 1230. The number of nitrogens with one attached hydrogen (secondary N) is 2. The van der Waals surface area contributed by atoms with Gasteiger partial charge in [0.15, 0.2) is 10.9 Å². The first-order chi connectivity index (χ1) is 14.0. The first kappa shape index (κ1) is 19.5. The van der Waals surface area contributed by atoms with Crippen molar-refractivity contribution >= 4 is 62.9 Å². The summed E-state index contributed by atoms with van der Waals surface area (Å²) in [7, 11) is 0. The average molecular weight is 441 g/mol. The molecular weight excluding hydrogens is 427 g/mol. The molecule has 0 unspecified atom stereocenters. The maximum Gasteiger partial charge on any atom is 0.293 e. The number of halogens is 2. The van der Waals surface area contributed by atoms with Crippen LogP contribution >= 0.6 is 35.4 Å². The van der Waals surface area contributed by atoms with Crippen LogP contribution in [0, 0.1) is 0 Å². The molecule has 0 aliphatic heterocycles. The van der Waals surface area contributed by atoms with Gasteiger partial charge in [0.25, 0.3) is 5.91 Å². The SMILES string of the molecule is O=C(NC(=S)Nc1cccc2ccccc12)c1ccc(-c2cccc(Cl)c2Cl)o1. The number of rotatable bonds is 3. The van der Waals surface area contributed by atoms with E-state index in [9.17, 15) is 4.79 Å². The van der Waals surface area contributed by atoms with Crippen molar-refractivity contribution in [3.8, 4) is 11.3 Å². The molecule has 1 aromatic heterocycles. The van der Waals surface area contributed by atoms with Crippen LogP contribution in [0.2, 0.25) is 10.0 Å². The molecule has 0 radical (unpaired) electrons. The topological polar surface area (TPSA) is 54.3 Å². The smallest absolute Gasteiger partial charge is 0.293 e. The summed E-state index contributed by atoms with van der Waals surface area (Å²) < 4.78 is 5.65. The zero-order valence-corrected chi connectivity index (χ0v) is 17.2. The highest BCUT2D eigenvalue weighted by molar-refractivity contribution is 7.80. The number of amides is 1. The monoisotopic (exact) mass is 440 g/mol. The van der Waals surface area contributed by atoms with Gasteiger partial charge in [-0.05, 0) is 47.9 Å². The van der Waals surface area contributed by atoms with Gasteiger partial charge in [0.2, 0.25) is 0 Å². The fraction of sp³-hybridized carbons (Fsp3) is 0. The lowest BCUT2D eigenvalue weighted by Gasteiger charge is -2.11. The van der Waals surface area contributed by atoms with Gasteiger partial charge in [-0.3, -0.25) is 10.1 Å². The van der Waals surface area contributed by atoms with Crippen LogP contribution < -0.4 is 10.6 Å². The number of hydrogen-bond donors (Lipinski definition) is 2. The summed E-state index contributed by atoms with van der Waals surface area (Å²) in [5.74, 6) is 0.0841. The second kappa shape index (κ2) is 8.25. The van der Waals surface area contributed by atoms with Gasteiger partial charge in [0.05, 0.1) is 10.0 Å². The molecule has 144 valence electrons. The number of benzene rings is 3. The van der Waals surface area contributed by atoms with E-state index in [1.165, 1.54) is 0 Å². The number of thiocarbonyl (C=S) groups is 1. The fourth-order valence-electron chi connectivity index (χ4n) is 2.95.